The van der Waals surface area contributed by atoms with Gasteiger partial charge in [0.2, 0.25) is 0 Å². The summed E-state index contributed by atoms with van der Waals surface area (Å²) in [7, 11) is 0. The van der Waals surface area contributed by atoms with E-state index in [-0.39, 0.29) is 0 Å². The van der Waals surface area contributed by atoms with E-state index in [1.54, 1.807) is 0 Å². The molecule has 0 aliphatic heterocycles. The van der Waals surface area contributed by atoms with Crippen LogP contribution in [0.5, 0.6) is 0 Å². The van der Waals surface area contributed by atoms with Crippen LogP contribution in [0, 0.1) is 0 Å². The van der Waals surface area contributed by atoms with Gasteiger partial charge in [0.15, 0.2) is 0 Å². The summed E-state index contributed by atoms with van der Waals surface area (Å²) in [5.41, 5.74) is 3.04. The summed E-state index contributed by atoms with van der Waals surface area (Å²) < 4.78 is 0. The first kappa shape index (κ1) is 6.97. The quantitative estimate of drug-likeness (QED) is 0.535. The maximum Gasteiger partial charge on any atom is 0.0473 e. The van der Waals surface area contributed by atoms with Crippen molar-refractivity contribution in [3.05, 3.63) is 35.4 Å². The molecule has 62 valence electrons. The van der Waals surface area contributed by atoms with Gasteiger partial charge >= 0.3 is 0 Å². The topological polar surface area (TPSA) is 0 Å². The minimum Gasteiger partial charge on any atom is -0.122 e. The number of fused-ring (bicyclic) bond motifs is 5. The molecule has 2 unspecified atom stereocenters. The summed E-state index contributed by atoms with van der Waals surface area (Å²) in [5, 5.41) is 0.391. The second-order valence-corrected chi connectivity index (χ2v) is 4.37. The highest BCUT2D eigenvalue weighted by molar-refractivity contribution is 6.22. The number of benzene rings is 1. The second-order valence-electron chi connectivity index (χ2n) is 3.86. The SMILES string of the molecule is ClC1C2CCC1c1ccccc12. The van der Waals surface area contributed by atoms with Gasteiger partial charge in [0.05, 0.1) is 0 Å². The summed E-state index contributed by atoms with van der Waals surface area (Å²) in [4.78, 5) is 0. The first-order valence-electron chi connectivity index (χ1n) is 4.61. The monoisotopic (exact) mass is 178 g/mol. The smallest absolute Gasteiger partial charge is 0.0473 e. The Morgan fingerprint density at radius 3 is 2.00 bits per heavy atom. The second kappa shape index (κ2) is 2.26. The van der Waals surface area contributed by atoms with Crippen LogP contribution >= 0.6 is 11.6 Å². The lowest BCUT2D eigenvalue weighted by molar-refractivity contribution is 0.717. The fraction of sp³-hybridized carbons (Fsp3) is 0.455. The van der Waals surface area contributed by atoms with Gasteiger partial charge in [0.25, 0.3) is 0 Å². The lowest BCUT2D eigenvalue weighted by Crippen LogP contribution is -1.99. The molecular weight excluding hydrogens is 168 g/mol. The molecule has 0 spiro atoms. The van der Waals surface area contributed by atoms with Crippen LogP contribution in [-0.2, 0) is 0 Å². The molecule has 2 bridgehead atoms. The fourth-order valence-electron chi connectivity index (χ4n) is 2.80. The molecule has 1 heteroatoms. The highest BCUT2D eigenvalue weighted by atomic mass is 35.5. The molecule has 0 nitrogen and oxygen atoms in total. The number of alkyl halides is 1. The maximum absolute atomic E-state index is 6.34. The molecule has 0 N–H and O–H groups in total. The van der Waals surface area contributed by atoms with Crippen LogP contribution < -0.4 is 0 Å². The average molecular weight is 179 g/mol. The van der Waals surface area contributed by atoms with Gasteiger partial charge in [0, 0.05) is 17.2 Å². The van der Waals surface area contributed by atoms with E-state index in [9.17, 15) is 0 Å². The van der Waals surface area contributed by atoms with Crippen molar-refractivity contribution in [1.82, 2.24) is 0 Å². The maximum atomic E-state index is 6.34. The summed E-state index contributed by atoms with van der Waals surface area (Å²) in [6.45, 7) is 0. The molecule has 1 aromatic carbocycles. The Bertz CT molecular complexity index is 288. The molecule has 0 radical (unpaired) electrons. The van der Waals surface area contributed by atoms with Crippen LogP contribution in [0.4, 0.5) is 0 Å². The predicted octanol–water partition coefficient (Wildman–Crippen LogP) is 3.27. The van der Waals surface area contributed by atoms with Crippen LogP contribution in [0.25, 0.3) is 0 Å². The van der Waals surface area contributed by atoms with Crippen molar-refractivity contribution in [2.24, 2.45) is 0 Å². The van der Waals surface area contributed by atoms with Crippen LogP contribution in [0.1, 0.15) is 35.8 Å². The van der Waals surface area contributed by atoms with E-state index in [4.69, 9.17) is 11.6 Å². The minimum absolute atomic E-state index is 0.391. The van der Waals surface area contributed by atoms with Gasteiger partial charge in [0.1, 0.15) is 0 Å². The Morgan fingerprint density at radius 2 is 1.50 bits per heavy atom. The van der Waals surface area contributed by atoms with Crippen molar-refractivity contribution in [1.29, 1.82) is 0 Å². The zero-order chi connectivity index (χ0) is 8.13. The Balaban J connectivity index is 2.21. The van der Waals surface area contributed by atoms with Crippen molar-refractivity contribution in [2.45, 2.75) is 30.1 Å². The van der Waals surface area contributed by atoms with Gasteiger partial charge in [-0.15, -0.1) is 11.6 Å². The highest BCUT2D eigenvalue weighted by Crippen LogP contribution is 2.55. The van der Waals surface area contributed by atoms with Crippen molar-refractivity contribution in [3.8, 4) is 0 Å². The molecule has 0 amide bonds. The van der Waals surface area contributed by atoms with E-state index >= 15 is 0 Å². The molecular formula is C11H11Cl. The molecule has 2 aliphatic rings. The molecule has 1 aromatic rings. The normalized spacial score (nSPS) is 36.9. The van der Waals surface area contributed by atoms with Gasteiger partial charge in [-0.05, 0) is 24.0 Å². The summed E-state index contributed by atoms with van der Waals surface area (Å²) in [6.07, 6.45) is 2.60. The Kier molecular flexibility index (Phi) is 1.31. The molecule has 0 heterocycles. The van der Waals surface area contributed by atoms with Crippen LogP contribution in [0.3, 0.4) is 0 Å². The van der Waals surface area contributed by atoms with E-state index in [1.807, 2.05) is 0 Å². The zero-order valence-electron chi connectivity index (χ0n) is 6.83. The highest BCUT2D eigenvalue weighted by Gasteiger charge is 2.44. The van der Waals surface area contributed by atoms with Crippen molar-refractivity contribution < 1.29 is 0 Å². The van der Waals surface area contributed by atoms with E-state index < -0.39 is 0 Å². The molecule has 0 aromatic heterocycles. The van der Waals surface area contributed by atoms with Crippen molar-refractivity contribution in [2.75, 3.05) is 0 Å². The molecule has 12 heavy (non-hydrogen) atoms. The van der Waals surface area contributed by atoms with Gasteiger partial charge in [-0.3, -0.25) is 0 Å². The number of rotatable bonds is 0. The van der Waals surface area contributed by atoms with Gasteiger partial charge in [-0.1, -0.05) is 24.3 Å². The number of halogens is 1. The largest absolute Gasteiger partial charge is 0.122 e. The fourth-order valence-corrected chi connectivity index (χ4v) is 3.32. The average Bonchev–Trinajstić information content (AvgIpc) is 2.61. The van der Waals surface area contributed by atoms with E-state index in [0.29, 0.717) is 17.2 Å². The van der Waals surface area contributed by atoms with E-state index in [1.165, 1.54) is 24.0 Å². The lowest BCUT2D eigenvalue weighted by atomic mass is 9.92. The van der Waals surface area contributed by atoms with Crippen molar-refractivity contribution >= 4 is 11.6 Å². The molecule has 1 saturated carbocycles. The third-order valence-electron chi connectivity index (χ3n) is 3.35. The summed E-state index contributed by atoms with van der Waals surface area (Å²) in [6, 6.07) is 8.75. The van der Waals surface area contributed by atoms with Crippen LogP contribution in [-0.4, -0.2) is 5.38 Å². The first-order valence-corrected chi connectivity index (χ1v) is 5.04. The first-order chi connectivity index (χ1) is 5.88. The minimum atomic E-state index is 0.391. The third-order valence-corrected chi connectivity index (χ3v) is 3.96. The van der Waals surface area contributed by atoms with Gasteiger partial charge in [-0.25, -0.2) is 0 Å². The van der Waals surface area contributed by atoms with E-state index in [2.05, 4.69) is 24.3 Å². The predicted molar refractivity (Wildman–Crippen MR) is 50.8 cm³/mol. The zero-order valence-corrected chi connectivity index (χ0v) is 7.59. The molecule has 3 rings (SSSR count). The Hall–Kier alpha value is -0.490. The number of hydrogen-bond donors (Lipinski definition) is 0. The molecule has 0 saturated heterocycles. The Morgan fingerprint density at radius 1 is 1.00 bits per heavy atom. The van der Waals surface area contributed by atoms with Crippen LogP contribution in [0.2, 0.25) is 0 Å². The summed E-state index contributed by atoms with van der Waals surface area (Å²) in [5.74, 6) is 1.32. The van der Waals surface area contributed by atoms with Crippen molar-refractivity contribution in [3.63, 3.8) is 0 Å². The Labute approximate surface area is 77.5 Å². The molecule has 1 fully saturated rings. The van der Waals surface area contributed by atoms with Crippen LogP contribution in [0.15, 0.2) is 24.3 Å². The van der Waals surface area contributed by atoms with E-state index in [0.717, 1.165) is 0 Å². The van der Waals surface area contributed by atoms with Gasteiger partial charge < -0.3 is 0 Å². The van der Waals surface area contributed by atoms with Gasteiger partial charge in [-0.2, -0.15) is 0 Å². The lowest BCUT2D eigenvalue weighted by Gasteiger charge is -2.12. The number of hydrogen-bond acceptors (Lipinski definition) is 0. The molecule has 2 aliphatic carbocycles. The third kappa shape index (κ3) is 0.694. The summed E-state index contributed by atoms with van der Waals surface area (Å²) >= 11 is 6.34. The molecule has 2 atom stereocenters. The standard InChI is InChI=1S/C11H11Cl/c12-11-9-5-6-10(11)8-4-2-1-3-7(8)9/h1-4,9-11H,5-6H2.